The summed E-state index contributed by atoms with van der Waals surface area (Å²) in [5.74, 6) is 2.34. The number of carbonyl (C=O) groups excluding carboxylic acids is 1. The van der Waals surface area contributed by atoms with E-state index in [0.29, 0.717) is 5.69 Å². The van der Waals surface area contributed by atoms with Gasteiger partial charge in [-0.15, -0.1) is 0 Å². The minimum atomic E-state index is -0.163. The molecule has 5 aliphatic rings. The largest absolute Gasteiger partial charge is 0.369 e. The van der Waals surface area contributed by atoms with Gasteiger partial charge in [-0.1, -0.05) is 12.1 Å². The summed E-state index contributed by atoms with van der Waals surface area (Å²) in [6.07, 6.45) is 9.42. The lowest BCUT2D eigenvalue weighted by molar-refractivity contribution is -0.0137. The van der Waals surface area contributed by atoms with Gasteiger partial charge in [0.15, 0.2) is 0 Å². The number of para-hydroxylation sites is 1. The molecule has 4 nitrogen and oxygen atoms in total. The molecule has 0 radical (unpaired) electrons. The van der Waals surface area contributed by atoms with E-state index in [1.165, 1.54) is 44.6 Å². The molecular formula is C22H30FN3O. The molecule has 5 heteroatoms. The molecule has 0 spiro atoms. The van der Waals surface area contributed by atoms with Gasteiger partial charge in [0.05, 0.1) is 5.69 Å². The lowest BCUT2D eigenvalue weighted by atomic mass is 9.53. The van der Waals surface area contributed by atoms with Crippen molar-refractivity contribution in [2.45, 2.75) is 62.9 Å². The van der Waals surface area contributed by atoms with Crippen molar-refractivity contribution in [2.75, 3.05) is 18.0 Å². The summed E-state index contributed by atoms with van der Waals surface area (Å²) in [7, 11) is 0. The Balaban J connectivity index is 1.14. The number of halogens is 1. The number of benzene rings is 1. The molecule has 1 aromatic carbocycles. The molecule has 0 unspecified atom stereocenters. The van der Waals surface area contributed by atoms with E-state index in [-0.39, 0.29) is 23.4 Å². The van der Waals surface area contributed by atoms with E-state index >= 15 is 0 Å². The quantitative estimate of drug-likeness (QED) is 0.841. The van der Waals surface area contributed by atoms with Crippen LogP contribution in [0, 0.1) is 23.6 Å². The minimum absolute atomic E-state index is 0.0151. The van der Waals surface area contributed by atoms with Crippen LogP contribution in [0.2, 0.25) is 0 Å². The van der Waals surface area contributed by atoms with Crippen LogP contribution in [-0.4, -0.2) is 30.7 Å². The molecule has 1 aromatic rings. The normalized spacial score (nSPS) is 35.3. The molecule has 1 heterocycles. The van der Waals surface area contributed by atoms with Crippen LogP contribution in [0.25, 0.3) is 0 Å². The third-order valence-corrected chi connectivity index (χ3v) is 7.44. The topological polar surface area (TPSA) is 44.4 Å². The zero-order valence-electron chi connectivity index (χ0n) is 15.9. The summed E-state index contributed by atoms with van der Waals surface area (Å²) in [5.41, 5.74) is 0.737. The number of amides is 2. The van der Waals surface area contributed by atoms with Crippen LogP contribution in [0.15, 0.2) is 24.3 Å². The minimum Gasteiger partial charge on any atom is -0.369 e. The standard InChI is InChI=1S/C22H30FN3O/c23-19-3-1-2-4-20(19)26-7-5-18(6-8-26)24-21(27)25-22-12-15-9-16(13-22)11-17(10-15)14-22/h1-4,15-18H,5-14H2,(H2,24,25,27). The molecule has 27 heavy (non-hydrogen) atoms. The molecule has 1 saturated heterocycles. The molecule has 6 rings (SSSR count). The fraction of sp³-hybridized carbons (Fsp3) is 0.682. The Morgan fingerprint density at radius 2 is 1.59 bits per heavy atom. The van der Waals surface area contributed by atoms with Crippen molar-refractivity contribution >= 4 is 11.7 Å². The van der Waals surface area contributed by atoms with Crippen LogP contribution >= 0.6 is 0 Å². The van der Waals surface area contributed by atoms with Crippen LogP contribution in [0.5, 0.6) is 0 Å². The zero-order valence-corrected chi connectivity index (χ0v) is 15.9. The first-order chi connectivity index (χ1) is 13.1. The van der Waals surface area contributed by atoms with Crippen LogP contribution in [0.1, 0.15) is 51.4 Å². The Labute approximate surface area is 160 Å². The molecule has 2 amide bonds. The Bertz CT molecular complexity index is 678. The van der Waals surface area contributed by atoms with Crippen LogP contribution in [0.3, 0.4) is 0 Å². The van der Waals surface area contributed by atoms with E-state index in [9.17, 15) is 9.18 Å². The number of hydrogen-bond donors (Lipinski definition) is 2. The monoisotopic (exact) mass is 371 g/mol. The second-order valence-corrected chi connectivity index (χ2v) is 9.51. The first-order valence-electron chi connectivity index (χ1n) is 10.7. The van der Waals surface area contributed by atoms with E-state index in [4.69, 9.17) is 0 Å². The van der Waals surface area contributed by atoms with Gasteiger partial charge in [-0.3, -0.25) is 0 Å². The third-order valence-electron chi connectivity index (χ3n) is 7.44. The first kappa shape index (κ1) is 17.3. The van der Waals surface area contributed by atoms with E-state index in [0.717, 1.165) is 43.7 Å². The number of hydrogen-bond acceptors (Lipinski definition) is 2. The Morgan fingerprint density at radius 1 is 1.00 bits per heavy atom. The SMILES string of the molecule is O=C(NC1CCN(c2ccccc2F)CC1)NC12CC3CC(CC(C3)C1)C2. The van der Waals surface area contributed by atoms with Gasteiger partial charge in [0.2, 0.25) is 0 Å². The molecular weight excluding hydrogens is 341 g/mol. The molecule has 5 fully saturated rings. The highest BCUT2D eigenvalue weighted by Gasteiger charge is 2.51. The Kier molecular flexibility index (Phi) is 4.29. The maximum Gasteiger partial charge on any atom is 0.315 e. The van der Waals surface area contributed by atoms with Gasteiger partial charge in [-0.25, -0.2) is 9.18 Å². The second-order valence-electron chi connectivity index (χ2n) is 9.51. The van der Waals surface area contributed by atoms with Crippen molar-refractivity contribution < 1.29 is 9.18 Å². The van der Waals surface area contributed by atoms with Gasteiger partial charge in [0.1, 0.15) is 5.82 Å². The van der Waals surface area contributed by atoms with Crippen molar-refractivity contribution in [3.63, 3.8) is 0 Å². The number of anilines is 1. The van der Waals surface area contributed by atoms with Gasteiger partial charge in [-0.2, -0.15) is 0 Å². The van der Waals surface area contributed by atoms with Crippen molar-refractivity contribution in [3.8, 4) is 0 Å². The molecule has 0 atom stereocenters. The number of urea groups is 1. The fourth-order valence-corrected chi connectivity index (χ4v) is 6.70. The van der Waals surface area contributed by atoms with E-state index in [1.807, 2.05) is 12.1 Å². The summed E-state index contributed by atoms with van der Waals surface area (Å²) in [6.45, 7) is 1.56. The third kappa shape index (κ3) is 3.41. The van der Waals surface area contributed by atoms with Crippen LogP contribution in [-0.2, 0) is 0 Å². The summed E-state index contributed by atoms with van der Waals surface area (Å²) in [5, 5.41) is 6.61. The lowest BCUT2D eigenvalue weighted by Crippen LogP contribution is -2.62. The lowest BCUT2D eigenvalue weighted by Gasteiger charge is -2.56. The molecule has 4 aliphatic carbocycles. The van der Waals surface area contributed by atoms with Gasteiger partial charge in [-0.05, 0) is 81.3 Å². The van der Waals surface area contributed by atoms with Crippen molar-refractivity contribution in [1.82, 2.24) is 10.6 Å². The number of piperidine rings is 1. The predicted octanol–water partition coefficient (Wildman–Crippen LogP) is 4.06. The predicted molar refractivity (Wildman–Crippen MR) is 104 cm³/mol. The maximum absolute atomic E-state index is 14.0. The second kappa shape index (κ2) is 6.68. The summed E-state index contributed by atoms with van der Waals surface area (Å²) < 4.78 is 14.0. The molecule has 146 valence electrons. The van der Waals surface area contributed by atoms with Crippen molar-refractivity contribution in [2.24, 2.45) is 17.8 Å². The fourth-order valence-electron chi connectivity index (χ4n) is 6.70. The molecule has 4 bridgehead atoms. The summed E-state index contributed by atoms with van der Waals surface area (Å²) in [4.78, 5) is 14.8. The maximum atomic E-state index is 14.0. The molecule has 1 aliphatic heterocycles. The van der Waals surface area contributed by atoms with Crippen molar-refractivity contribution in [3.05, 3.63) is 30.1 Å². The number of rotatable bonds is 3. The molecule has 0 aromatic heterocycles. The first-order valence-corrected chi connectivity index (χ1v) is 10.7. The summed E-state index contributed by atoms with van der Waals surface area (Å²) in [6, 6.07) is 7.15. The van der Waals surface area contributed by atoms with Gasteiger partial charge in [0, 0.05) is 24.7 Å². The Hall–Kier alpha value is -1.78. The van der Waals surface area contributed by atoms with Crippen LogP contribution < -0.4 is 15.5 Å². The van der Waals surface area contributed by atoms with E-state index in [1.54, 1.807) is 6.07 Å². The van der Waals surface area contributed by atoms with Crippen molar-refractivity contribution in [1.29, 1.82) is 0 Å². The Morgan fingerprint density at radius 3 is 2.19 bits per heavy atom. The zero-order chi connectivity index (χ0) is 18.4. The summed E-state index contributed by atoms with van der Waals surface area (Å²) >= 11 is 0. The van der Waals surface area contributed by atoms with Gasteiger partial charge < -0.3 is 15.5 Å². The molecule has 4 saturated carbocycles. The highest BCUT2D eigenvalue weighted by atomic mass is 19.1. The average molecular weight is 372 g/mol. The number of nitrogens with one attached hydrogen (secondary N) is 2. The molecule has 2 N–H and O–H groups in total. The number of carbonyl (C=O) groups is 1. The average Bonchev–Trinajstić information content (AvgIpc) is 2.61. The van der Waals surface area contributed by atoms with Gasteiger partial charge in [0.25, 0.3) is 0 Å². The highest BCUT2D eigenvalue weighted by molar-refractivity contribution is 5.75. The van der Waals surface area contributed by atoms with Crippen LogP contribution in [0.4, 0.5) is 14.9 Å². The van der Waals surface area contributed by atoms with E-state index < -0.39 is 0 Å². The number of nitrogens with zero attached hydrogens (tertiary/aromatic N) is 1. The smallest absolute Gasteiger partial charge is 0.315 e. The van der Waals surface area contributed by atoms with Gasteiger partial charge >= 0.3 is 6.03 Å². The highest BCUT2D eigenvalue weighted by Crippen LogP contribution is 2.55. The van der Waals surface area contributed by atoms with E-state index in [2.05, 4.69) is 15.5 Å².